The fourth-order valence-corrected chi connectivity index (χ4v) is 3.26. The van der Waals surface area contributed by atoms with E-state index in [9.17, 15) is 9.59 Å². The zero-order valence-corrected chi connectivity index (χ0v) is 19.7. The van der Waals surface area contributed by atoms with E-state index in [2.05, 4.69) is 5.32 Å². The summed E-state index contributed by atoms with van der Waals surface area (Å²) in [4.78, 5) is 27.2. The van der Waals surface area contributed by atoms with Crippen LogP contribution >= 0.6 is 23.2 Å². The summed E-state index contributed by atoms with van der Waals surface area (Å²) in [6, 6.07) is 14.1. The number of amides is 2. The smallest absolute Gasteiger partial charge is 0.242 e. The van der Waals surface area contributed by atoms with Crippen molar-refractivity contribution in [1.29, 1.82) is 0 Å². The average molecular weight is 465 g/mol. The molecule has 0 aromatic heterocycles. The van der Waals surface area contributed by atoms with Gasteiger partial charge in [0.2, 0.25) is 11.8 Å². The van der Waals surface area contributed by atoms with Gasteiger partial charge in [-0.15, -0.1) is 0 Å². The molecule has 0 unspecified atom stereocenters. The van der Waals surface area contributed by atoms with Gasteiger partial charge in [0, 0.05) is 19.5 Å². The van der Waals surface area contributed by atoms with E-state index in [-0.39, 0.29) is 24.8 Å². The van der Waals surface area contributed by atoms with Crippen molar-refractivity contribution in [1.82, 2.24) is 10.2 Å². The molecule has 2 amide bonds. The first-order chi connectivity index (χ1) is 14.8. The molecule has 1 atom stereocenters. The van der Waals surface area contributed by atoms with E-state index in [1.807, 2.05) is 50.2 Å². The molecular formula is C24H30Cl2N2O3. The van der Waals surface area contributed by atoms with Crippen LogP contribution in [0.5, 0.6) is 5.75 Å². The number of carbonyl (C=O) groups is 2. The van der Waals surface area contributed by atoms with Gasteiger partial charge in [0.1, 0.15) is 11.8 Å². The fourth-order valence-electron chi connectivity index (χ4n) is 2.94. The molecule has 0 aliphatic heterocycles. The molecule has 0 heterocycles. The predicted octanol–water partition coefficient (Wildman–Crippen LogP) is 5.34. The van der Waals surface area contributed by atoms with Crippen LogP contribution in [0.1, 0.15) is 39.2 Å². The van der Waals surface area contributed by atoms with Crippen LogP contribution in [-0.4, -0.2) is 35.9 Å². The third kappa shape index (κ3) is 8.42. The van der Waals surface area contributed by atoms with Crippen LogP contribution in [0, 0.1) is 5.92 Å². The minimum absolute atomic E-state index is 0.116. The molecule has 5 nitrogen and oxygen atoms in total. The number of ether oxygens (including phenoxy) is 1. The lowest BCUT2D eigenvalue weighted by Gasteiger charge is -2.29. The van der Waals surface area contributed by atoms with Crippen molar-refractivity contribution in [3.63, 3.8) is 0 Å². The SMILES string of the molecule is CC(C)CNC(=O)[C@H](C)N(Cc1ccc(Cl)c(Cl)c1)C(=O)CCCOc1ccccc1. The number of benzene rings is 2. The molecule has 0 aliphatic carbocycles. The molecule has 168 valence electrons. The molecule has 0 saturated carbocycles. The molecule has 0 radical (unpaired) electrons. The van der Waals surface area contributed by atoms with Crippen LogP contribution in [0.25, 0.3) is 0 Å². The molecule has 1 N–H and O–H groups in total. The van der Waals surface area contributed by atoms with Crippen LogP contribution in [0.3, 0.4) is 0 Å². The van der Waals surface area contributed by atoms with E-state index in [0.717, 1.165) is 11.3 Å². The largest absolute Gasteiger partial charge is 0.494 e. The van der Waals surface area contributed by atoms with E-state index >= 15 is 0 Å². The van der Waals surface area contributed by atoms with Gasteiger partial charge < -0.3 is 15.0 Å². The van der Waals surface area contributed by atoms with Crippen LogP contribution in [0.4, 0.5) is 0 Å². The summed E-state index contributed by atoms with van der Waals surface area (Å²) < 4.78 is 5.67. The molecule has 0 saturated heterocycles. The Morgan fingerprint density at radius 2 is 1.74 bits per heavy atom. The van der Waals surface area contributed by atoms with Gasteiger partial charge >= 0.3 is 0 Å². The zero-order valence-electron chi connectivity index (χ0n) is 18.2. The van der Waals surface area contributed by atoms with Crippen LogP contribution < -0.4 is 10.1 Å². The second-order valence-electron chi connectivity index (χ2n) is 7.85. The Bertz CT molecular complexity index is 859. The summed E-state index contributed by atoms with van der Waals surface area (Å²) in [5.41, 5.74) is 0.812. The number of para-hydroxylation sites is 1. The average Bonchev–Trinajstić information content (AvgIpc) is 2.75. The lowest BCUT2D eigenvalue weighted by molar-refractivity contribution is -0.140. The highest BCUT2D eigenvalue weighted by molar-refractivity contribution is 6.42. The molecule has 7 heteroatoms. The Balaban J connectivity index is 2.03. The normalized spacial score (nSPS) is 11.8. The molecular weight excluding hydrogens is 435 g/mol. The summed E-state index contributed by atoms with van der Waals surface area (Å²) in [6.07, 6.45) is 0.821. The summed E-state index contributed by atoms with van der Waals surface area (Å²) in [6.45, 7) is 7.04. The van der Waals surface area contributed by atoms with Gasteiger partial charge in [-0.1, -0.05) is 61.3 Å². The number of hydrogen-bond donors (Lipinski definition) is 1. The highest BCUT2D eigenvalue weighted by Gasteiger charge is 2.26. The van der Waals surface area contributed by atoms with Crippen molar-refractivity contribution >= 4 is 35.0 Å². The molecule has 0 bridgehead atoms. The Morgan fingerprint density at radius 3 is 2.39 bits per heavy atom. The first-order valence-electron chi connectivity index (χ1n) is 10.5. The third-order valence-electron chi connectivity index (χ3n) is 4.74. The van der Waals surface area contributed by atoms with E-state index in [1.54, 1.807) is 24.0 Å². The quantitative estimate of drug-likeness (QED) is 0.456. The molecule has 2 rings (SSSR count). The molecule has 0 spiro atoms. The number of nitrogens with one attached hydrogen (secondary N) is 1. The Kier molecular flexibility index (Phi) is 10.2. The first-order valence-corrected chi connectivity index (χ1v) is 11.2. The summed E-state index contributed by atoms with van der Waals surface area (Å²) in [7, 11) is 0. The van der Waals surface area contributed by atoms with Gasteiger partial charge in [-0.05, 0) is 49.1 Å². The second-order valence-corrected chi connectivity index (χ2v) is 8.66. The van der Waals surface area contributed by atoms with E-state index in [0.29, 0.717) is 35.5 Å². The maximum absolute atomic E-state index is 13.0. The molecule has 31 heavy (non-hydrogen) atoms. The van der Waals surface area contributed by atoms with E-state index < -0.39 is 6.04 Å². The highest BCUT2D eigenvalue weighted by Crippen LogP contribution is 2.24. The fraction of sp³-hybridized carbons (Fsp3) is 0.417. The van der Waals surface area contributed by atoms with Crippen molar-refractivity contribution < 1.29 is 14.3 Å². The van der Waals surface area contributed by atoms with E-state index in [4.69, 9.17) is 27.9 Å². The summed E-state index contributed by atoms with van der Waals surface area (Å²) >= 11 is 12.1. The van der Waals surface area contributed by atoms with Crippen molar-refractivity contribution in [2.45, 2.75) is 46.2 Å². The number of rotatable bonds is 11. The van der Waals surface area contributed by atoms with Crippen molar-refractivity contribution in [3.8, 4) is 5.75 Å². The van der Waals surface area contributed by atoms with Crippen molar-refractivity contribution in [2.75, 3.05) is 13.2 Å². The molecule has 2 aromatic rings. The van der Waals surface area contributed by atoms with Gasteiger partial charge in [-0.2, -0.15) is 0 Å². The molecule has 2 aromatic carbocycles. The lowest BCUT2D eigenvalue weighted by Crippen LogP contribution is -2.48. The monoisotopic (exact) mass is 464 g/mol. The van der Waals surface area contributed by atoms with Gasteiger partial charge in [0.05, 0.1) is 16.7 Å². The summed E-state index contributed by atoms with van der Waals surface area (Å²) in [5, 5.41) is 3.77. The van der Waals surface area contributed by atoms with Gasteiger partial charge in [0.15, 0.2) is 0 Å². The number of hydrogen-bond acceptors (Lipinski definition) is 3. The topological polar surface area (TPSA) is 58.6 Å². The van der Waals surface area contributed by atoms with Crippen molar-refractivity contribution in [3.05, 3.63) is 64.1 Å². The van der Waals surface area contributed by atoms with Crippen molar-refractivity contribution in [2.24, 2.45) is 5.92 Å². The van der Waals surface area contributed by atoms with E-state index in [1.165, 1.54) is 0 Å². The van der Waals surface area contributed by atoms with Crippen LogP contribution in [0.15, 0.2) is 48.5 Å². The van der Waals surface area contributed by atoms with Crippen LogP contribution in [0.2, 0.25) is 10.0 Å². The maximum atomic E-state index is 13.0. The number of carbonyl (C=O) groups excluding carboxylic acids is 2. The second kappa shape index (κ2) is 12.6. The Morgan fingerprint density at radius 1 is 1.03 bits per heavy atom. The predicted molar refractivity (Wildman–Crippen MR) is 125 cm³/mol. The number of nitrogens with zero attached hydrogens (tertiary/aromatic N) is 1. The lowest BCUT2D eigenvalue weighted by atomic mass is 10.1. The Labute approximate surface area is 194 Å². The van der Waals surface area contributed by atoms with Crippen LogP contribution in [-0.2, 0) is 16.1 Å². The standard InChI is InChI=1S/C24H30Cl2N2O3/c1-17(2)15-27-24(30)18(3)28(16-19-11-12-21(25)22(26)14-19)23(29)10-7-13-31-20-8-5-4-6-9-20/h4-6,8-9,11-12,14,17-18H,7,10,13,15-16H2,1-3H3,(H,27,30)/t18-/m0/s1. The zero-order chi connectivity index (χ0) is 22.8. The molecule has 0 aliphatic rings. The van der Waals surface area contributed by atoms with Gasteiger partial charge in [-0.3, -0.25) is 9.59 Å². The first kappa shape index (κ1) is 25.0. The Hall–Kier alpha value is -2.24. The number of halogens is 2. The molecule has 0 fully saturated rings. The maximum Gasteiger partial charge on any atom is 0.242 e. The summed E-state index contributed by atoms with van der Waals surface area (Å²) in [5.74, 6) is 0.798. The third-order valence-corrected chi connectivity index (χ3v) is 5.47. The highest BCUT2D eigenvalue weighted by atomic mass is 35.5. The van der Waals surface area contributed by atoms with Gasteiger partial charge in [0.25, 0.3) is 0 Å². The minimum atomic E-state index is -0.615. The van der Waals surface area contributed by atoms with Gasteiger partial charge in [-0.25, -0.2) is 0 Å². The minimum Gasteiger partial charge on any atom is -0.494 e.